The zero-order valence-electron chi connectivity index (χ0n) is 16.7. The van der Waals surface area contributed by atoms with E-state index in [1.165, 1.54) is 49.6 Å². The highest BCUT2D eigenvalue weighted by Gasteiger charge is 2.39. The van der Waals surface area contributed by atoms with Crippen LogP contribution in [0, 0.1) is 0 Å². The van der Waals surface area contributed by atoms with E-state index in [1.54, 1.807) is 24.3 Å². The Morgan fingerprint density at radius 3 is 2.22 bits per heavy atom. The maximum absolute atomic E-state index is 13.8. The molecule has 1 heterocycles. The molecule has 0 atom stereocenters. The van der Waals surface area contributed by atoms with Gasteiger partial charge in [0.1, 0.15) is 23.7 Å². The summed E-state index contributed by atoms with van der Waals surface area (Å²) in [5, 5.41) is 0.594. The van der Waals surface area contributed by atoms with Crippen LogP contribution in [0.4, 0.5) is 13.2 Å². The van der Waals surface area contributed by atoms with Gasteiger partial charge in [0.15, 0.2) is 0 Å². The SMILES string of the molecule is COc1ccc(-c2c(C(F)(F)F)oc3cc(OCc4ccc(Cl)cc4)ccc3c2=O)cc1. The van der Waals surface area contributed by atoms with Gasteiger partial charge in [-0.3, -0.25) is 4.79 Å². The van der Waals surface area contributed by atoms with Crippen molar-refractivity contribution in [3.63, 3.8) is 0 Å². The first kappa shape index (κ1) is 21.8. The highest BCUT2D eigenvalue weighted by atomic mass is 35.5. The molecule has 4 nitrogen and oxygen atoms in total. The van der Waals surface area contributed by atoms with E-state index in [4.69, 9.17) is 25.5 Å². The summed E-state index contributed by atoms with van der Waals surface area (Å²) in [7, 11) is 1.44. The van der Waals surface area contributed by atoms with Gasteiger partial charge in [-0.05, 0) is 47.5 Å². The molecule has 0 aliphatic carbocycles. The second-order valence-electron chi connectivity index (χ2n) is 6.93. The lowest BCUT2D eigenvalue weighted by Crippen LogP contribution is -2.16. The van der Waals surface area contributed by atoms with Gasteiger partial charge in [0.25, 0.3) is 0 Å². The van der Waals surface area contributed by atoms with E-state index in [9.17, 15) is 18.0 Å². The van der Waals surface area contributed by atoms with Crippen molar-refractivity contribution < 1.29 is 27.1 Å². The minimum Gasteiger partial charge on any atom is -0.497 e. The number of fused-ring (bicyclic) bond motifs is 1. The van der Waals surface area contributed by atoms with Crippen LogP contribution >= 0.6 is 11.6 Å². The summed E-state index contributed by atoms with van der Waals surface area (Å²) in [6.07, 6.45) is -4.87. The number of benzene rings is 3. The fourth-order valence-electron chi connectivity index (χ4n) is 3.23. The minimum absolute atomic E-state index is 0.0164. The Labute approximate surface area is 185 Å². The van der Waals surface area contributed by atoms with E-state index < -0.39 is 22.9 Å². The Morgan fingerprint density at radius 1 is 0.938 bits per heavy atom. The van der Waals surface area contributed by atoms with Gasteiger partial charge < -0.3 is 13.9 Å². The fourth-order valence-corrected chi connectivity index (χ4v) is 3.36. The van der Waals surface area contributed by atoms with Crippen LogP contribution in [0.1, 0.15) is 11.3 Å². The zero-order valence-corrected chi connectivity index (χ0v) is 17.5. The fraction of sp³-hybridized carbons (Fsp3) is 0.125. The summed E-state index contributed by atoms with van der Waals surface area (Å²) in [5.74, 6) is -0.647. The topological polar surface area (TPSA) is 48.7 Å². The minimum atomic E-state index is -4.87. The van der Waals surface area contributed by atoms with E-state index >= 15 is 0 Å². The van der Waals surface area contributed by atoms with Crippen molar-refractivity contribution in [1.29, 1.82) is 0 Å². The van der Waals surface area contributed by atoms with Gasteiger partial charge in [-0.1, -0.05) is 35.9 Å². The van der Waals surface area contributed by atoms with Gasteiger partial charge in [0, 0.05) is 11.1 Å². The molecule has 0 amide bonds. The maximum atomic E-state index is 13.8. The van der Waals surface area contributed by atoms with Crippen molar-refractivity contribution in [2.75, 3.05) is 7.11 Å². The second kappa shape index (κ2) is 8.59. The summed E-state index contributed by atoms with van der Waals surface area (Å²) in [4.78, 5) is 13.0. The molecule has 0 radical (unpaired) electrons. The molecule has 4 aromatic rings. The number of methoxy groups -OCH3 is 1. The standard InChI is InChI=1S/C24H16ClF3O4/c1-30-17-8-4-15(5-9-17)21-22(29)19-11-10-18(12-20(19)32-23(21)24(26,27)28)31-13-14-2-6-16(25)7-3-14/h2-12H,13H2,1H3. The molecule has 0 aliphatic heterocycles. The molecule has 4 rings (SSSR count). The van der Waals surface area contributed by atoms with E-state index in [0.717, 1.165) is 5.56 Å². The molecule has 0 saturated heterocycles. The lowest BCUT2D eigenvalue weighted by Gasteiger charge is -2.14. The van der Waals surface area contributed by atoms with Gasteiger partial charge in [-0.25, -0.2) is 0 Å². The number of hydrogen-bond acceptors (Lipinski definition) is 4. The van der Waals surface area contributed by atoms with Gasteiger partial charge in [0.05, 0.1) is 18.1 Å². The third kappa shape index (κ3) is 4.43. The Kier molecular flexibility index (Phi) is 5.84. The largest absolute Gasteiger partial charge is 0.497 e. The smallest absolute Gasteiger partial charge is 0.450 e. The predicted octanol–water partition coefficient (Wildman–Crippen LogP) is 6.72. The lowest BCUT2D eigenvalue weighted by molar-refractivity contribution is -0.152. The molecule has 8 heteroatoms. The average molecular weight is 461 g/mol. The Hall–Kier alpha value is -3.45. The number of ether oxygens (including phenoxy) is 2. The van der Waals surface area contributed by atoms with Crippen LogP contribution in [-0.2, 0) is 12.8 Å². The van der Waals surface area contributed by atoms with Gasteiger partial charge in [0.2, 0.25) is 11.2 Å². The second-order valence-corrected chi connectivity index (χ2v) is 7.37. The van der Waals surface area contributed by atoms with Crippen LogP contribution in [0.2, 0.25) is 5.02 Å². The molecule has 1 aromatic heterocycles. The number of alkyl halides is 3. The lowest BCUT2D eigenvalue weighted by atomic mass is 10.0. The van der Waals surface area contributed by atoms with Crippen LogP contribution in [0.3, 0.4) is 0 Å². The molecular weight excluding hydrogens is 445 g/mol. The molecule has 0 bridgehead atoms. The van der Waals surface area contributed by atoms with Crippen LogP contribution in [-0.4, -0.2) is 7.11 Å². The number of rotatable bonds is 5. The molecule has 0 unspecified atom stereocenters. The van der Waals surface area contributed by atoms with E-state index in [1.807, 2.05) is 0 Å². The molecular formula is C24H16ClF3O4. The first-order chi connectivity index (χ1) is 15.3. The van der Waals surface area contributed by atoms with Crippen molar-refractivity contribution in [3.05, 3.63) is 93.3 Å². The van der Waals surface area contributed by atoms with Crippen LogP contribution in [0.25, 0.3) is 22.1 Å². The van der Waals surface area contributed by atoms with Crippen LogP contribution in [0.15, 0.2) is 75.9 Å². The highest BCUT2D eigenvalue weighted by molar-refractivity contribution is 6.30. The summed E-state index contributed by atoms with van der Waals surface area (Å²) in [6, 6.07) is 16.9. The molecule has 0 spiro atoms. The molecule has 164 valence electrons. The average Bonchev–Trinajstić information content (AvgIpc) is 2.78. The van der Waals surface area contributed by atoms with Crippen molar-refractivity contribution in [1.82, 2.24) is 0 Å². The van der Waals surface area contributed by atoms with Crippen molar-refractivity contribution in [3.8, 4) is 22.6 Å². The van der Waals surface area contributed by atoms with Crippen molar-refractivity contribution >= 4 is 22.6 Å². The van der Waals surface area contributed by atoms with Crippen molar-refractivity contribution in [2.24, 2.45) is 0 Å². The quantitative estimate of drug-likeness (QED) is 0.332. The van der Waals surface area contributed by atoms with E-state index in [0.29, 0.717) is 10.8 Å². The van der Waals surface area contributed by atoms with E-state index in [2.05, 4.69) is 0 Å². The molecule has 0 N–H and O–H groups in total. The van der Waals surface area contributed by atoms with Gasteiger partial charge in [-0.2, -0.15) is 13.2 Å². The normalized spacial score (nSPS) is 11.5. The highest BCUT2D eigenvalue weighted by Crippen LogP contribution is 2.38. The summed E-state index contributed by atoms with van der Waals surface area (Å²) < 4.78 is 57.3. The zero-order chi connectivity index (χ0) is 22.9. The molecule has 0 fully saturated rings. The third-order valence-electron chi connectivity index (χ3n) is 4.82. The number of halogens is 4. The first-order valence-electron chi connectivity index (χ1n) is 9.46. The summed E-state index contributed by atoms with van der Waals surface area (Å²) in [5.41, 5.74) is -0.651. The maximum Gasteiger partial charge on any atom is 0.450 e. The van der Waals surface area contributed by atoms with Crippen LogP contribution < -0.4 is 14.9 Å². The van der Waals surface area contributed by atoms with E-state index in [-0.39, 0.29) is 28.9 Å². The molecule has 0 saturated carbocycles. The Balaban J connectivity index is 1.76. The Morgan fingerprint density at radius 2 is 1.59 bits per heavy atom. The molecule has 3 aromatic carbocycles. The number of hydrogen-bond donors (Lipinski definition) is 0. The summed E-state index contributed by atoms with van der Waals surface area (Å²) >= 11 is 5.85. The van der Waals surface area contributed by atoms with Gasteiger partial charge in [-0.15, -0.1) is 0 Å². The van der Waals surface area contributed by atoms with Gasteiger partial charge >= 0.3 is 6.18 Å². The first-order valence-corrected chi connectivity index (χ1v) is 9.84. The molecule has 32 heavy (non-hydrogen) atoms. The monoisotopic (exact) mass is 460 g/mol. The summed E-state index contributed by atoms with van der Waals surface area (Å²) in [6.45, 7) is 0.170. The third-order valence-corrected chi connectivity index (χ3v) is 5.07. The van der Waals surface area contributed by atoms with Crippen LogP contribution in [0.5, 0.6) is 11.5 Å². The predicted molar refractivity (Wildman–Crippen MR) is 115 cm³/mol. The molecule has 0 aliphatic rings. The van der Waals surface area contributed by atoms with Crippen molar-refractivity contribution in [2.45, 2.75) is 12.8 Å². The Bertz CT molecular complexity index is 1310.